The van der Waals surface area contributed by atoms with Crippen LogP contribution in [0, 0.1) is 0 Å². The third-order valence-electron chi connectivity index (χ3n) is 4.00. The van der Waals surface area contributed by atoms with Crippen molar-refractivity contribution in [3.05, 3.63) is 34.9 Å². The molecule has 1 atom stereocenters. The van der Waals surface area contributed by atoms with Crippen LogP contribution in [0.15, 0.2) is 18.2 Å². The van der Waals surface area contributed by atoms with Crippen LogP contribution in [0.3, 0.4) is 0 Å². The minimum Gasteiger partial charge on any atom is -0.379 e. The maximum Gasteiger partial charge on any atom is 0.0593 e. The summed E-state index contributed by atoms with van der Waals surface area (Å²) in [5.74, 6) is 0. The van der Waals surface area contributed by atoms with Crippen molar-refractivity contribution in [2.75, 3.05) is 40.4 Å². The Hall–Kier alpha value is -0.900. The first-order valence-electron chi connectivity index (χ1n) is 7.74. The van der Waals surface area contributed by atoms with Crippen molar-refractivity contribution in [2.45, 2.75) is 32.2 Å². The summed E-state index contributed by atoms with van der Waals surface area (Å²) in [7, 11) is 4.13. The van der Waals surface area contributed by atoms with E-state index in [9.17, 15) is 0 Å². The number of rotatable bonds is 8. The Bertz CT molecular complexity index is 417. The molecule has 0 aliphatic heterocycles. The first-order chi connectivity index (χ1) is 9.66. The van der Waals surface area contributed by atoms with Gasteiger partial charge in [-0.25, -0.2) is 0 Å². The number of nitrogens with one attached hydrogen (secondary N) is 1. The number of ether oxygens (including phenoxy) is 1. The number of hydrogen-bond donors (Lipinski definition) is 1. The topological polar surface area (TPSA) is 24.5 Å². The molecule has 1 aliphatic carbocycles. The fraction of sp³-hybridized carbons (Fsp3) is 0.647. The van der Waals surface area contributed by atoms with Crippen LogP contribution < -0.4 is 5.32 Å². The maximum absolute atomic E-state index is 5.60. The van der Waals surface area contributed by atoms with Gasteiger partial charge in [-0.1, -0.05) is 18.2 Å². The zero-order valence-electron chi connectivity index (χ0n) is 13.1. The summed E-state index contributed by atoms with van der Waals surface area (Å²) in [6, 6.07) is 7.36. The van der Waals surface area contributed by atoms with Gasteiger partial charge in [0.1, 0.15) is 0 Å². The molecule has 0 spiro atoms. The van der Waals surface area contributed by atoms with E-state index in [1.807, 2.05) is 0 Å². The first-order valence-corrected chi connectivity index (χ1v) is 7.74. The van der Waals surface area contributed by atoms with Gasteiger partial charge < -0.3 is 15.0 Å². The average Bonchev–Trinajstić information content (AvgIpc) is 2.89. The number of benzene rings is 1. The Labute approximate surface area is 123 Å². The summed E-state index contributed by atoms with van der Waals surface area (Å²) in [6.45, 7) is 5.72. The maximum atomic E-state index is 5.60. The van der Waals surface area contributed by atoms with Gasteiger partial charge >= 0.3 is 0 Å². The zero-order chi connectivity index (χ0) is 14.4. The Balaban J connectivity index is 1.68. The van der Waals surface area contributed by atoms with Crippen molar-refractivity contribution in [3.63, 3.8) is 0 Å². The Morgan fingerprint density at radius 2 is 2.00 bits per heavy atom. The van der Waals surface area contributed by atoms with Gasteiger partial charge in [-0.15, -0.1) is 0 Å². The molecule has 0 radical (unpaired) electrons. The van der Waals surface area contributed by atoms with Gasteiger partial charge in [0.25, 0.3) is 0 Å². The molecule has 0 aromatic heterocycles. The molecule has 1 aromatic rings. The molecule has 0 amide bonds. The second kappa shape index (κ2) is 7.77. The second-order valence-electron chi connectivity index (χ2n) is 5.97. The fourth-order valence-corrected chi connectivity index (χ4v) is 2.68. The standard InChI is InChI=1S/C17H28N2O/c1-14(18-9-11-20-12-10-19(2)3)16-8-7-15-5-4-6-17(15)13-16/h7-8,13-14,18H,4-6,9-12H2,1-3H3. The molecule has 112 valence electrons. The highest BCUT2D eigenvalue weighted by atomic mass is 16.5. The smallest absolute Gasteiger partial charge is 0.0593 e. The van der Waals surface area contributed by atoms with Gasteiger partial charge in [-0.2, -0.15) is 0 Å². The average molecular weight is 276 g/mol. The molecule has 20 heavy (non-hydrogen) atoms. The summed E-state index contributed by atoms with van der Waals surface area (Å²) in [5.41, 5.74) is 4.50. The molecular weight excluding hydrogens is 248 g/mol. The third kappa shape index (κ3) is 4.58. The minimum absolute atomic E-state index is 0.401. The van der Waals surface area contributed by atoms with E-state index < -0.39 is 0 Å². The molecule has 1 aromatic carbocycles. The van der Waals surface area contributed by atoms with E-state index >= 15 is 0 Å². The van der Waals surface area contributed by atoms with Gasteiger partial charge in [0.05, 0.1) is 13.2 Å². The largest absolute Gasteiger partial charge is 0.379 e. The van der Waals surface area contributed by atoms with Crippen LogP contribution >= 0.6 is 0 Å². The number of hydrogen-bond acceptors (Lipinski definition) is 3. The molecule has 0 heterocycles. The highest BCUT2D eigenvalue weighted by Gasteiger charge is 2.13. The highest BCUT2D eigenvalue weighted by molar-refractivity contribution is 5.36. The number of likely N-dealkylation sites (N-methyl/N-ethyl adjacent to an activating group) is 1. The lowest BCUT2D eigenvalue weighted by atomic mass is 10.0. The summed E-state index contributed by atoms with van der Waals surface area (Å²) in [5, 5.41) is 3.54. The molecule has 3 nitrogen and oxygen atoms in total. The molecule has 2 rings (SSSR count). The van der Waals surface area contributed by atoms with E-state index in [-0.39, 0.29) is 0 Å². The highest BCUT2D eigenvalue weighted by Crippen LogP contribution is 2.25. The molecule has 3 heteroatoms. The lowest BCUT2D eigenvalue weighted by molar-refractivity contribution is 0.118. The van der Waals surface area contributed by atoms with E-state index in [1.54, 1.807) is 11.1 Å². The number of aryl methyl sites for hydroxylation is 2. The molecule has 0 saturated heterocycles. The van der Waals surface area contributed by atoms with Crippen LogP contribution in [0.4, 0.5) is 0 Å². The van der Waals surface area contributed by atoms with E-state index in [0.717, 1.165) is 26.3 Å². The van der Waals surface area contributed by atoms with E-state index in [1.165, 1.54) is 24.8 Å². The van der Waals surface area contributed by atoms with Crippen LogP contribution in [-0.4, -0.2) is 45.3 Å². The zero-order valence-corrected chi connectivity index (χ0v) is 13.1. The van der Waals surface area contributed by atoms with Crippen molar-refractivity contribution in [2.24, 2.45) is 0 Å². The Kier molecular flexibility index (Phi) is 6.02. The quantitative estimate of drug-likeness (QED) is 0.738. The fourth-order valence-electron chi connectivity index (χ4n) is 2.68. The van der Waals surface area contributed by atoms with Gasteiger partial charge in [-0.3, -0.25) is 0 Å². The van der Waals surface area contributed by atoms with Gasteiger partial charge in [0.2, 0.25) is 0 Å². The summed E-state index contributed by atoms with van der Waals surface area (Å²) < 4.78 is 5.60. The van der Waals surface area contributed by atoms with E-state index in [2.05, 4.69) is 49.4 Å². The minimum atomic E-state index is 0.401. The van der Waals surface area contributed by atoms with Gasteiger partial charge in [0, 0.05) is 19.1 Å². The number of fused-ring (bicyclic) bond motifs is 1. The first kappa shape index (κ1) is 15.5. The normalized spacial score (nSPS) is 15.6. The number of nitrogens with zero attached hydrogens (tertiary/aromatic N) is 1. The Morgan fingerprint density at radius 1 is 1.20 bits per heavy atom. The summed E-state index contributed by atoms with van der Waals surface area (Å²) in [4.78, 5) is 2.14. The summed E-state index contributed by atoms with van der Waals surface area (Å²) in [6.07, 6.45) is 3.83. The van der Waals surface area contributed by atoms with Crippen molar-refractivity contribution in [3.8, 4) is 0 Å². The molecule has 1 unspecified atom stereocenters. The third-order valence-corrected chi connectivity index (χ3v) is 4.00. The van der Waals surface area contributed by atoms with Crippen molar-refractivity contribution < 1.29 is 4.74 Å². The molecule has 1 aliphatic rings. The van der Waals surface area contributed by atoms with E-state index in [0.29, 0.717) is 6.04 Å². The predicted octanol–water partition coefficient (Wildman–Crippen LogP) is 2.40. The SMILES string of the molecule is CC(NCCOCCN(C)C)c1ccc2c(c1)CCC2. The van der Waals surface area contributed by atoms with Crippen LogP contribution in [0.2, 0.25) is 0 Å². The van der Waals surface area contributed by atoms with Crippen molar-refractivity contribution >= 4 is 0 Å². The molecule has 1 N–H and O–H groups in total. The van der Waals surface area contributed by atoms with Crippen molar-refractivity contribution in [1.29, 1.82) is 0 Å². The Morgan fingerprint density at radius 3 is 2.80 bits per heavy atom. The second-order valence-corrected chi connectivity index (χ2v) is 5.97. The van der Waals surface area contributed by atoms with Gasteiger partial charge in [-0.05, 0) is 57.0 Å². The summed E-state index contributed by atoms with van der Waals surface area (Å²) >= 11 is 0. The van der Waals surface area contributed by atoms with Crippen LogP contribution in [-0.2, 0) is 17.6 Å². The van der Waals surface area contributed by atoms with Gasteiger partial charge in [0.15, 0.2) is 0 Å². The lowest BCUT2D eigenvalue weighted by Gasteiger charge is -2.16. The molecule has 0 saturated carbocycles. The van der Waals surface area contributed by atoms with E-state index in [4.69, 9.17) is 4.74 Å². The predicted molar refractivity (Wildman–Crippen MR) is 84.3 cm³/mol. The van der Waals surface area contributed by atoms with Crippen LogP contribution in [0.1, 0.15) is 36.1 Å². The van der Waals surface area contributed by atoms with Crippen LogP contribution in [0.5, 0.6) is 0 Å². The van der Waals surface area contributed by atoms with Crippen LogP contribution in [0.25, 0.3) is 0 Å². The lowest BCUT2D eigenvalue weighted by Crippen LogP contribution is -2.25. The molecule has 0 fully saturated rings. The van der Waals surface area contributed by atoms with Crippen molar-refractivity contribution in [1.82, 2.24) is 10.2 Å². The molecular formula is C17H28N2O. The molecule has 0 bridgehead atoms. The monoisotopic (exact) mass is 276 g/mol.